The quantitative estimate of drug-likeness (QED) is 0.130. The van der Waals surface area contributed by atoms with E-state index in [-0.39, 0.29) is 11.5 Å². The highest BCUT2D eigenvalue weighted by Gasteiger charge is 2.55. The largest absolute Gasteiger partial charge is 0.467 e. The summed E-state index contributed by atoms with van der Waals surface area (Å²) in [5, 5.41) is 4.98. The van der Waals surface area contributed by atoms with E-state index in [4.69, 9.17) is 13.9 Å². The Morgan fingerprint density at radius 2 is 1.82 bits per heavy atom. The number of rotatable bonds is 7. The van der Waals surface area contributed by atoms with Crippen LogP contribution in [0, 0.1) is 0 Å². The van der Waals surface area contributed by atoms with Crippen LogP contribution in [0.4, 0.5) is 0 Å². The number of hydrogen-bond acceptors (Lipinski definition) is 6. The number of carbonyl (C=O) groups excluding carboxylic acids is 2. The molecule has 1 aliphatic heterocycles. The van der Waals surface area contributed by atoms with E-state index in [0.717, 1.165) is 10.9 Å². The minimum atomic E-state index is -1.99. The lowest BCUT2D eigenvalue weighted by atomic mass is 9.84. The number of ether oxygens (including phenoxy) is 2. The molecular weight excluding hydrogens is 452 g/mol. The molecule has 0 radical (unpaired) electrons. The van der Waals surface area contributed by atoms with E-state index < -0.39 is 31.8 Å². The molecule has 1 aliphatic rings. The molecule has 10 heteroatoms. The Morgan fingerprint density at radius 3 is 2.38 bits per heavy atom. The number of esters is 2. The first-order chi connectivity index (χ1) is 16.0. The molecule has 0 spiro atoms. The minimum Gasteiger partial charge on any atom is -0.467 e. The molecule has 3 rings (SSSR count). The number of para-hydroxylation sites is 1. The number of methoxy groups -OCH3 is 2. The molecule has 1 aromatic carbocycles. The van der Waals surface area contributed by atoms with Crippen molar-refractivity contribution in [3.8, 4) is 0 Å². The number of aromatic nitrogens is 1. The molecule has 2 aromatic rings. The number of azide groups is 1. The second-order valence-electron chi connectivity index (χ2n) is 10.2. The van der Waals surface area contributed by atoms with E-state index in [0.29, 0.717) is 30.7 Å². The van der Waals surface area contributed by atoms with Crippen LogP contribution in [-0.2, 0) is 35.4 Å². The van der Waals surface area contributed by atoms with E-state index in [1.54, 1.807) is 4.57 Å². The van der Waals surface area contributed by atoms with E-state index in [1.807, 2.05) is 24.3 Å². The maximum Gasteiger partial charge on any atom is 0.343 e. The zero-order chi connectivity index (χ0) is 25.3. The molecule has 1 aromatic heterocycles. The van der Waals surface area contributed by atoms with Gasteiger partial charge in [0.1, 0.15) is 0 Å². The summed E-state index contributed by atoms with van der Waals surface area (Å²) in [6.07, 6.45) is 0.952. The van der Waals surface area contributed by atoms with Crippen molar-refractivity contribution in [1.29, 1.82) is 0 Å². The van der Waals surface area contributed by atoms with Gasteiger partial charge in [-0.3, -0.25) is 0 Å². The van der Waals surface area contributed by atoms with Crippen LogP contribution in [0.5, 0.6) is 0 Å². The molecule has 34 heavy (non-hydrogen) atoms. The second kappa shape index (κ2) is 9.44. The highest BCUT2D eigenvalue weighted by atomic mass is 28.4. The Balaban J connectivity index is 2.24. The fourth-order valence-corrected chi connectivity index (χ4v) is 5.60. The highest BCUT2D eigenvalue weighted by Crippen LogP contribution is 2.46. The Labute approximate surface area is 201 Å². The van der Waals surface area contributed by atoms with Gasteiger partial charge in [-0.1, -0.05) is 44.1 Å². The Bertz CT molecular complexity index is 1130. The van der Waals surface area contributed by atoms with Gasteiger partial charge in [0.25, 0.3) is 0 Å². The first-order valence-electron chi connectivity index (χ1n) is 11.4. The van der Waals surface area contributed by atoms with Crippen molar-refractivity contribution < 1.29 is 23.5 Å². The molecule has 0 bridgehead atoms. The first kappa shape index (κ1) is 25.8. The summed E-state index contributed by atoms with van der Waals surface area (Å²) in [7, 11) is 0.525. The Morgan fingerprint density at radius 1 is 1.21 bits per heavy atom. The summed E-state index contributed by atoms with van der Waals surface area (Å²) >= 11 is 0. The van der Waals surface area contributed by atoms with Crippen LogP contribution in [0.25, 0.3) is 21.3 Å². The third-order valence-electron chi connectivity index (χ3n) is 7.36. The molecule has 9 nitrogen and oxygen atoms in total. The van der Waals surface area contributed by atoms with Crippen molar-refractivity contribution in [2.24, 2.45) is 5.11 Å². The Kier molecular flexibility index (Phi) is 7.17. The Hall–Kier alpha value is -2.81. The molecular formula is C24H34N4O5Si. The normalized spacial score (nSPS) is 17.6. The number of nitrogens with zero attached hydrogens (tertiary/aromatic N) is 4. The van der Waals surface area contributed by atoms with Crippen molar-refractivity contribution in [3.05, 3.63) is 46.0 Å². The van der Waals surface area contributed by atoms with Gasteiger partial charge >= 0.3 is 11.9 Å². The van der Waals surface area contributed by atoms with Crippen LogP contribution < -0.4 is 0 Å². The van der Waals surface area contributed by atoms with Gasteiger partial charge in [0.2, 0.25) is 5.54 Å². The second-order valence-corrected chi connectivity index (χ2v) is 15.0. The lowest BCUT2D eigenvalue weighted by Gasteiger charge is -2.38. The minimum absolute atomic E-state index is 0.0633. The van der Waals surface area contributed by atoms with E-state index in [2.05, 4.69) is 43.9 Å². The maximum absolute atomic E-state index is 13.2. The molecule has 0 saturated carbocycles. The number of benzene rings is 1. The molecule has 0 fully saturated rings. The summed E-state index contributed by atoms with van der Waals surface area (Å²) in [6, 6.07) is 7.03. The summed E-state index contributed by atoms with van der Waals surface area (Å²) in [5.74, 6) is -1.41. The smallest absolute Gasteiger partial charge is 0.343 e. The van der Waals surface area contributed by atoms with Crippen molar-refractivity contribution in [1.82, 2.24) is 4.57 Å². The fourth-order valence-electron chi connectivity index (χ4n) is 4.55. The van der Waals surface area contributed by atoms with Crippen LogP contribution in [0.1, 0.15) is 50.9 Å². The molecule has 184 valence electrons. The van der Waals surface area contributed by atoms with Gasteiger partial charge in [-0.2, -0.15) is 0 Å². The van der Waals surface area contributed by atoms with Crippen LogP contribution >= 0.6 is 0 Å². The molecule has 0 N–H and O–H groups in total. The summed E-state index contributed by atoms with van der Waals surface area (Å²) < 4.78 is 18.3. The standard InChI is InChI=1S/C24H34N4O5Si/c1-23(2,3)34(6,7)33-15-13-17-16-10-8-9-11-19(16)28-20(17)18(26-27-25)12-14-24(28,21(29)31-4)22(30)32-5/h8-11,18H,12-15H2,1-7H3/t18-/m0/s1. The summed E-state index contributed by atoms with van der Waals surface area (Å²) in [4.78, 5) is 29.4. The number of hydrogen-bond donors (Lipinski definition) is 0. The molecule has 0 saturated heterocycles. The molecule has 0 amide bonds. The van der Waals surface area contributed by atoms with Gasteiger partial charge < -0.3 is 18.5 Å². The van der Waals surface area contributed by atoms with Gasteiger partial charge in [0.05, 0.1) is 25.8 Å². The average Bonchev–Trinajstić information content (AvgIpc) is 3.13. The van der Waals surface area contributed by atoms with Gasteiger partial charge in [-0.15, -0.1) is 0 Å². The zero-order valence-electron chi connectivity index (χ0n) is 21.0. The van der Waals surface area contributed by atoms with Crippen molar-refractivity contribution in [2.45, 2.75) is 69.7 Å². The van der Waals surface area contributed by atoms with Crippen molar-refractivity contribution in [3.63, 3.8) is 0 Å². The number of fused-ring (bicyclic) bond motifs is 3. The van der Waals surface area contributed by atoms with Crippen LogP contribution in [-0.4, -0.2) is 45.6 Å². The lowest BCUT2D eigenvalue weighted by Crippen LogP contribution is -2.53. The van der Waals surface area contributed by atoms with Crippen LogP contribution in [0.2, 0.25) is 18.1 Å². The fraction of sp³-hybridized carbons (Fsp3) is 0.583. The predicted octanol–water partition coefficient (Wildman–Crippen LogP) is 5.39. The number of carbonyl (C=O) groups is 2. The molecule has 0 unspecified atom stereocenters. The highest BCUT2D eigenvalue weighted by molar-refractivity contribution is 6.74. The summed E-state index contributed by atoms with van der Waals surface area (Å²) in [6.45, 7) is 11.4. The molecule has 1 atom stereocenters. The third-order valence-corrected chi connectivity index (χ3v) is 11.9. The first-order valence-corrected chi connectivity index (χ1v) is 14.3. The van der Waals surface area contributed by atoms with Crippen molar-refractivity contribution >= 4 is 31.2 Å². The predicted molar refractivity (Wildman–Crippen MR) is 132 cm³/mol. The van der Waals surface area contributed by atoms with Crippen LogP contribution in [0.15, 0.2) is 29.4 Å². The lowest BCUT2D eigenvalue weighted by molar-refractivity contribution is -0.168. The maximum atomic E-state index is 13.2. The molecule has 0 aliphatic carbocycles. The zero-order valence-corrected chi connectivity index (χ0v) is 22.0. The summed E-state index contributed by atoms with van der Waals surface area (Å²) in [5.41, 5.74) is 9.81. The van der Waals surface area contributed by atoms with Gasteiger partial charge in [0, 0.05) is 22.6 Å². The third kappa shape index (κ3) is 4.10. The monoisotopic (exact) mass is 486 g/mol. The molecule has 2 heterocycles. The van der Waals surface area contributed by atoms with Crippen LogP contribution in [0.3, 0.4) is 0 Å². The van der Waals surface area contributed by atoms with E-state index >= 15 is 0 Å². The van der Waals surface area contributed by atoms with Gasteiger partial charge in [-0.25, -0.2) is 9.59 Å². The van der Waals surface area contributed by atoms with E-state index in [1.165, 1.54) is 14.2 Å². The topological polar surface area (TPSA) is 116 Å². The van der Waals surface area contributed by atoms with Gasteiger partial charge in [-0.05, 0) is 54.6 Å². The van der Waals surface area contributed by atoms with Crippen molar-refractivity contribution in [2.75, 3.05) is 20.8 Å². The average molecular weight is 487 g/mol. The van der Waals surface area contributed by atoms with E-state index in [9.17, 15) is 15.1 Å². The van der Waals surface area contributed by atoms with Gasteiger partial charge in [0.15, 0.2) is 8.32 Å². The SMILES string of the molecule is COC(=O)C1(C(=O)OC)CC[C@H](N=[N+]=[N-])c2c(CCO[Si](C)(C)C(C)(C)C)c3ccccc3n21.